The van der Waals surface area contributed by atoms with Gasteiger partial charge in [-0.25, -0.2) is 0 Å². The summed E-state index contributed by atoms with van der Waals surface area (Å²) in [6.45, 7) is 0. The van der Waals surface area contributed by atoms with Crippen molar-refractivity contribution in [3.8, 4) is 0 Å². The molecule has 0 aliphatic rings. The highest BCUT2D eigenvalue weighted by Crippen LogP contribution is 2.14. The number of anilines is 1. The van der Waals surface area contributed by atoms with E-state index in [-0.39, 0.29) is 0 Å². The molecule has 0 radical (unpaired) electrons. The minimum atomic E-state index is 0.413. The van der Waals surface area contributed by atoms with Gasteiger partial charge in [-0.15, -0.1) is 0 Å². The van der Waals surface area contributed by atoms with E-state index in [0.29, 0.717) is 10.1 Å². The van der Waals surface area contributed by atoms with Crippen LogP contribution in [-0.4, -0.2) is 11.3 Å². The van der Waals surface area contributed by atoms with Gasteiger partial charge >= 0.3 is 0 Å². The predicted molar refractivity (Wildman–Crippen MR) is 92.5 cm³/mol. The molecule has 0 spiro atoms. The van der Waals surface area contributed by atoms with Gasteiger partial charge in [0.1, 0.15) is 0 Å². The lowest BCUT2D eigenvalue weighted by atomic mass is 10.2. The van der Waals surface area contributed by atoms with Crippen molar-refractivity contribution in [1.82, 2.24) is 5.43 Å². The zero-order chi connectivity index (χ0) is 14.4. The molecular formula is C14H11BrClN3S. The standard InChI is InChI=1S/C14H11BrClN3S/c15-13-4-2-1-3-10(13)9-17-19-14(20)18-12-7-5-11(16)6-8-12/h1-9H,(H2,18,19,20)/b17-9-. The number of thiocarbonyl (C=S) groups is 1. The molecule has 2 aromatic carbocycles. The van der Waals surface area contributed by atoms with Crippen LogP contribution in [0.25, 0.3) is 0 Å². The molecule has 0 bridgehead atoms. The molecule has 2 aromatic rings. The lowest BCUT2D eigenvalue weighted by Crippen LogP contribution is -2.23. The Labute approximate surface area is 136 Å². The number of nitrogens with one attached hydrogen (secondary N) is 2. The second kappa shape index (κ2) is 7.38. The average molecular weight is 369 g/mol. The lowest BCUT2D eigenvalue weighted by Gasteiger charge is -2.06. The van der Waals surface area contributed by atoms with Gasteiger partial charge in [-0.2, -0.15) is 5.10 Å². The summed E-state index contributed by atoms with van der Waals surface area (Å²) < 4.78 is 0.974. The first-order valence-corrected chi connectivity index (χ1v) is 7.33. The van der Waals surface area contributed by atoms with Crippen molar-refractivity contribution in [2.75, 3.05) is 5.32 Å². The molecule has 0 saturated heterocycles. The fourth-order valence-electron chi connectivity index (χ4n) is 1.43. The Hall–Kier alpha value is -1.43. The van der Waals surface area contributed by atoms with E-state index in [4.69, 9.17) is 23.8 Å². The van der Waals surface area contributed by atoms with E-state index in [1.54, 1.807) is 18.3 Å². The number of hydrazone groups is 1. The molecule has 0 fully saturated rings. The smallest absolute Gasteiger partial charge is 0.191 e. The first-order valence-electron chi connectivity index (χ1n) is 5.75. The number of nitrogens with zero attached hydrogens (tertiary/aromatic N) is 1. The van der Waals surface area contributed by atoms with Gasteiger partial charge in [-0.05, 0) is 42.5 Å². The zero-order valence-corrected chi connectivity index (χ0v) is 13.5. The first-order chi connectivity index (χ1) is 9.65. The van der Waals surface area contributed by atoms with E-state index in [0.717, 1.165) is 15.7 Å². The second-order valence-electron chi connectivity index (χ2n) is 3.85. The van der Waals surface area contributed by atoms with Crippen molar-refractivity contribution in [3.63, 3.8) is 0 Å². The number of benzene rings is 2. The quantitative estimate of drug-likeness (QED) is 0.478. The van der Waals surface area contributed by atoms with Crippen LogP contribution >= 0.6 is 39.7 Å². The maximum absolute atomic E-state index is 5.81. The van der Waals surface area contributed by atoms with Gasteiger partial charge in [0.05, 0.1) is 6.21 Å². The Morgan fingerprint density at radius 2 is 1.85 bits per heavy atom. The molecule has 2 rings (SSSR count). The molecule has 0 aliphatic heterocycles. The first kappa shape index (κ1) is 15.0. The normalized spacial score (nSPS) is 10.5. The summed E-state index contributed by atoms with van der Waals surface area (Å²) in [4.78, 5) is 0. The average Bonchev–Trinajstić information content (AvgIpc) is 2.43. The highest BCUT2D eigenvalue weighted by molar-refractivity contribution is 9.10. The van der Waals surface area contributed by atoms with Crippen LogP contribution in [0.1, 0.15) is 5.56 Å². The summed E-state index contributed by atoms with van der Waals surface area (Å²) in [6, 6.07) is 15.0. The summed E-state index contributed by atoms with van der Waals surface area (Å²) >= 11 is 14.4. The van der Waals surface area contributed by atoms with Gasteiger partial charge in [-0.1, -0.05) is 45.7 Å². The van der Waals surface area contributed by atoms with Gasteiger partial charge in [0.25, 0.3) is 0 Å². The number of hydrogen-bond donors (Lipinski definition) is 2. The van der Waals surface area contributed by atoms with Gasteiger partial charge in [0.15, 0.2) is 5.11 Å². The molecule has 0 aliphatic carbocycles. The lowest BCUT2D eigenvalue weighted by molar-refractivity contribution is 1.05. The molecule has 3 nitrogen and oxygen atoms in total. The number of hydrogen-bond acceptors (Lipinski definition) is 2. The summed E-state index contributed by atoms with van der Waals surface area (Å²) in [5.41, 5.74) is 4.57. The van der Waals surface area contributed by atoms with Crippen LogP contribution in [0.15, 0.2) is 58.1 Å². The van der Waals surface area contributed by atoms with Gasteiger partial charge < -0.3 is 5.32 Å². The zero-order valence-electron chi connectivity index (χ0n) is 10.3. The highest BCUT2D eigenvalue weighted by Gasteiger charge is 1.97. The fourth-order valence-corrected chi connectivity index (χ4v) is 2.12. The summed E-state index contributed by atoms with van der Waals surface area (Å²) in [5.74, 6) is 0. The SMILES string of the molecule is S=C(N/N=C\c1ccccc1Br)Nc1ccc(Cl)cc1. The van der Waals surface area contributed by atoms with E-state index in [2.05, 4.69) is 31.8 Å². The fraction of sp³-hybridized carbons (Fsp3) is 0. The monoisotopic (exact) mass is 367 g/mol. The van der Waals surface area contributed by atoms with Crippen LogP contribution in [0.5, 0.6) is 0 Å². The second-order valence-corrected chi connectivity index (χ2v) is 5.55. The minimum Gasteiger partial charge on any atom is -0.331 e. The van der Waals surface area contributed by atoms with E-state index in [9.17, 15) is 0 Å². The molecule has 0 heterocycles. The Morgan fingerprint density at radius 3 is 2.55 bits per heavy atom. The summed E-state index contributed by atoms with van der Waals surface area (Å²) in [7, 11) is 0. The largest absolute Gasteiger partial charge is 0.331 e. The Bertz CT molecular complexity index is 629. The Kier molecular flexibility index (Phi) is 5.52. The minimum absolute atomic E-state index is 0.413. The molecule has 0 amide bonds. The third kappa shape index (κ3) is 4.59. The molecule has 0 aromatic heterocycles. The predicted octanol–water partition coefficient (Wildman–Crippen LogP) is 4.42. The van der Waals surface area contributed by atoms with Gasteiger partial charge in [-0.3, -0.25) is 5.43 Å². The molecule has 20 heavy (non-hydrogen) atoms. The molecule has 102 valence electrons. The Morgan fingerprint density at radius 1 is 1.15 bits per heavy atom. The topological polar surface area (TPSA) is 36.4 Å². The van der Waals surface area contributed by atoms with E-state index in [1.807, 2.05) is 36.4 Å². The Balaban J connectivity index is 1.89. The van der Waals surface area contributed by atoms with Crippen LogP contribution in [0.2, 0.25) is 5.02 Å². The molecule has 6 heteroatoms. The molecule has 2 N–H and O–H groups in total. The summed E-state index contributed by atoms with van der Waals surface area (Å²) in [5, 5.41) is 8.18. The van der Waals surface area contributed by atoms with Crippen molar-refractivity contribution in [3.05, 3.63) is 63.6 Å². The molecule has 0 atom stereocenters. The van der Waals surface area contributed by atoms with E-state index < -0.39 is 0 Å². The van der Waals surface area contributed by atoms with E-state index >= 15 is 0 Å². The number of halogens is 2. The van der Waals surface area contributed by atoms with Crippen molar-refractivity contribution >= 4 is 56.8 Å². The van der Waals surface area contributed by atoms with Crippen molar-refractivity contribution < 1.29 is 0 Å². The molecule has 0 saturated carbocycles. The molecular weight excluding hydrogens is 358 g/mol. The summed E-state index contributed by atoms with van der Waals surface area (Å²) in [6.07, 6.45) is 1.69. The van der Waals surface area contributed by atoms with Crippen LogP contribution in [0.4, 0.5) is 5.69 Å². The van der Waals surface area contributed by atoms with Crippen LogP contribution in [0, 0.1) is 0 Å². The van der Waals surface area contributed by atoms with Crippen LogP contribution in [0.3, 0.4) is 0 Å². The van der Waals surface area contributed by atoms with Crippen molar-refractivity contribution in [2.24, 2.45) is 5.10 Å². The van der Waals surface area contributed by atoms with Crippen LogP contribution in [-0.2, 0) is 0 Å². The van der Waals surface area contributed by atoms with Gasteiger partial charge in [0.2, 0.25) is 0 Å². The molecule has 0 unspecified atom stereocenters. The maximum Gasteiger partial charge on any atom is 0.191 e. The third-order valence-corrected chi connectivity index (χ3v) is 3.54. The maximum atomic E-state index is 5.81. The van der Waals surface area contributed by atoms with Crippen molar-refractivity contribution in [1.29, 1.82) is 0 Å². The van der Waals surface area contributed by atoms with E-state index in [1.165, 1.54) is 0 Å². The van der Waals surface area contributed by atoms with Crippen LogP contribution < -0.4 is 10.7 Å². The van der Waals surface area contributed by atoms with Crippen molar-refractivity contribution in [2.45, 2.75) is 0 Å². The van der Waals surface area contributed by atoms with Gasteiger partial charge in [0, 0.05) is 20.7 Å². The highest BCUT2D eigenvalue weighted by atomic mass is 79.9. The number of rotatable bonds is 3. The third-order valence-electron chi connectivity index (χ3n) is 2.38.